The molecule has 176 valence electrons. The summed E-state index contributed by atoms with van der Waals surface area (Å²) < 4.78 is 3.35. The predicted molar refractivity (Wildman–Crippen MR) is 133 cm³/mol. The second kappa shape index (κ2) is 9.68. The van der Waals surface area contributed by atoms with Crippen molar-refractivity contribution in [1.29, 1.82) is 0 Å². The van der Waals surface area contributed by atoms with Gasteiger partial charge in [0.05, 0.1) is 10.9 Å². The molecule has 1 aromatic carbocycles. The van der Waals surface area contributed by atoms with Gasteiger partial charge in [0.25, 0.3) is 11.5 Å². The van der Waals surface area contributed by atoms with Crippen LogP contribution < -0.4 is 16.6 Å². The highest BCUT2D eigenvalue weighted by Gasteiger charge is 2.20. The van der Waals surface area contributed by atoms with Gasteiger partial charge in [0.15, 0.2) is 10.8 Å². The molecule has 0 saturated carbocycles. The van der Waals surface area contributed by atoms with Crippen LogP contribution in [0.5, 0.6) is 0 Å². The lowest BCUT2D eigenvalue weighted by Crippen LogP contribution is -2.32. The van der Waals surface area contributed by atoms with E-state index in [9.17, 15) is 14.4 Å². The number of carbonyl (C=O) groups excluding carboxylic acids is 1. The Morgan fingerprint density at radius 1 is 1.21 bits per heavy atom. The minimum atomic E-state index is -0.623. The Labute approximate surface area is 200 Å². The number of benzene rings is 1. The van der Waals surface area contributed by atoms with E-state index < -0.39 is 17.2 Å². The number of anilines is 1. The number of aromatic nitrogens is 5. The zero-order valence-corrected chi connectivity index (χ0v) is 20.3. The highest BCUT2D eigenvalue weighted by atomic mass is 32.2. The molecule has 3 aromatic heterocycles. The largest absolute Gasteiger partial charge is 0.329 e. The van der Waals surface area contributed by atoms with Gasteiger partial charge < -0.3 is 9.88 Å². The molecular formula is C24H26N6O3S. The molecule has 34 heavy (non-hydrogen) atoms. The van der Waals surface area contributed by atoms with Crippen molar-refractivity contribution in [2.75, 3.05) is 5.32 Å². The summed E-state index contributed by atoms with van der Waals surface area (Å²) in [6.45, 7) is 6.21. The first-order valence-corrected chi connectivity index (χ1v) is 11.8. The fourth-order valence-electron chi connectivity index (χ4n) is 3.56. The fraction of sp³-hybridized carbons (Fsp3) is 0.292. The highest BCUT2D eigenvalue weighted by Crippen LogP contribution is 2.27. The van der Waals surface area contributed by atoms with Crippen molar-refractivity contribution in [2.45, 2.75) is 49.7 Å². The predicted octanol–water partition coefficient (Wildman–Crippen LogP) is 3.76. The van der Waals surface area contributed by atoms with Gasteiger partial charge in [-0.3, -0.25) is 19.1 Å². The summed E-state index contributed by atoms with van der Waals surface area (Å²) in [5.74, 6) is -0.436. The van der Waals surface area contributed by atoms with Gasteiger partial charge in [-0.2, -0.15) is 0 Å². The molecule has 2 N–H and O–H groups in total. The number of hydrogen-bond acceptors (Lipinski definition) is 6. The lowest BCUT2D eigenvalue weighted by atomic mass is 10.0. The van der Waals surface area contributed by atoms with Gasteiger partial charge >= 0.3 is 5.69 Å². The molecule has 4 aromatic rings. The molecule has 0 aliphatic heterocycles. The summed E-state index contributed by atoms with van der Waals surface area (Å²) in [4.78, 5) is 50.6. The lowest BCUT2D eigenvalue weighted by molar-refractivity contribution is 0.102. The number of nitrogens with one attached hydrogen (secondary N) is 2. The van der Waals surface area contributed by atoms with E-state index in [2.05, 4.69) is 20.3 Å². The van der Waals surface area contributed by atoms with Crippen LogP contribution in [0.2, 0.25) is 0 Å². The first-order chi connectivity index (χ1) is 16.3. The number of aromatic amines is 1. The summed E-state index contributed by atoms with van der Waals surface area (Å²) in [6, 6.07) is 9.01. The number of H-pyrrole nitrogens is 1. The number of imidazole rings is 1. The molecule has 0 aliphatic rings. The molecule has 0 atom stereocenters. The van der Waals surface area contributed by atoms with Crippen LogP contribution in [-0.4, -0.2) is 30.0 Å². The molecule has 0 unspecified atom stereocenters. The van der Waals surface area contributed by atoms with E-state index in [1.807, 2.05) is 50.7 Å². The molecule has 4 rings (SSSR count). The number of nitrogens with zero attached hydrogens (tertiary/aromatic N) is 4. The van der Waals surface area contributed by atoms with E-state index in [1.165, 1.54) is 16.3 Å². The van der Waals surface area contributed by atoms with Crippen LogP contribution >= 0.6 is 11.8 Å². The number of fused-ring (bicyclic) bond motifs is 1. The summed E-state index contributed by atoms with van der Waals surface area (Å²) in [6.07, 6.45) is 4.30. The van der Waals surface area contributed by atoms with Gasteiger partial charge in [-0.25, -0.2) is 14.8 Å². The average Bonchev–Trinajstić information content (AvgIpc) is 3.21. The van der Waals surface area contributed by atoms with Crippen LogP contribution in [0.4, 0.5) is 5.69 Å². The van der Waals surface area contributed by atoms with E-state index in [1.54, 1.807) is 24.4 Å². The Kier molecular flexibility index (Phi) is 6.69. The molecule has 0 aliphatic carbocycles. The summed E-state index contributed by atoms with van der Waals surface area (Å²) >= 11 is 1.51. The molecule has 0 spiro atoms. The topological polar surface area (TPSA) is 115 Å². The quantitative estimate of drug-likeness (QED) is 0.418. The fourth-order valence-corrected chi connectivity index (χ4v) is 4.36. The SMILES string of the molecule is CCCn1c(=O)[nH]c(=O)c2c(C(=O)Nc3ccc(Sc4nccn4C)cc3)cc(C(C)C)nc21. The van der Waals surface area contributed by atoms with Crippen molar-refractivity contribution < 1.29 is 4.79 Å². The molecule has 0 saturated heterocycles. The third-order valence-corrected chi connectivity index (χ3v) is 6.43. The van der Waals surface area contributed by atoms with E-state index in [4.69, 9.17) is 0 Å². The van der Waals surface area contributed by atoms with Crippen molar-refractivity contribution in [3.8, 4) is 0 Å². The van der Waals surface area contributed by atoms with Gasteiger partial charge in [0, 0.05) is 42.3 Å². The van der Waals surface area contributed by atoms with Crippen molar-refractivity contribution in [2.24, 2.45) is 7.05 Å². The van der Waals surface area contributed by atoms with Gasteiger partial charge in [-0.05, 0) is 42.7 Å². The summed E-state index contributed by atoms with van der Waals surface area (Å²) in [5, 5.41) is 3.84. The average molecular weight is 479 g/mol. The van der Waals surface area contributed by atoms with E-state index in [0.29, 0.717) is 24.3 Å². The van der Waals surface area contributed by atoms with E-state index in [0.717, 1.165) is 10.1 Å². The smallest absolute Gasteiger partial charge is 0.329 e. The Bertz CT molecular complexity index is 1470. The number of hydrogen-bond donors (Lipinski definition) is 2. The zero-order valence-electron chi connectivity index (χ0n) is 19.5. The number of amides is 1. The Hall–Kier alpha value is -3.66. The minimum Gasteiger partial charge on any atom is -0.329 e. The lowest BCUT2D eigenvalue weighted by Gasteiger charge is -2.14. The molecule has 0 fully saturated rings. The van der Waals surface area contributed by atoms with Crippen LogP contribution in [0.25, 0.3) is 11.0 Å². The molecule has 0 radical (unpaired) electrons. The molecule has 10 heteroatoms. The van der Waals surface area contributed by atoms with Gasteiger partial charge in [0.2, 0.25) is 0 Å². The number of aryl methyl sites for hydroxylation is 2. The summed E-state index contributed by atoms with van der Waals surface area (Å²) in [5.41, 5.74) is 0.486. The molecule has 9 nitrogen and oxygen atoms in total. The third kappa shape index (κ3) is 4.67. The first-order valence-electron chi connectivity index (χ1n) is 11.0. The maximum absolute atomic E-state index is 13.3. The van der Waals surface area contributed by atoms with Gasteiger partial charge in [0.1, 0.15) is 0 Å². The Morgan fingerprint density at radius 2 is 1.94 bits per heavy atom. The number of rotatable bonds is 7. The van der Waals surface area contributed by atoms with Crippen LogP contribution in [-0.2, 0) is 13.6 Å². The van der Waals surface area contributed by atoms with E-state index in [-0.39, 0.29) is 22.5 Å². The number of carbonyl (C=O) groups is 1. The molecule has 0 bridgehead atoms. The van der Waals surface area contributed by atoms with Crippen molar-refractivity contribution >= 4 is 34.4 Å². The third-order valence-electron chi connectivity index (χ3n) is 5.35. The van der Waals surface area contributed by atoms with Crippen molar-refractivity contribution in [1.82, 2.24) is 24.1 Å². The standard InChI is InChI=1S/C24H26N6O3S/c1-5-11-30-20-19(22(32)28-23(30)33)17(13-18(27-20)14(2)3)21(31)26-15-6-8-16(9-7-15)34-24-25-10-12-29(24)4/h6-10,12-14H,5,11H2,1-4H3,(H,26,31)(H,28,32,33). The Morgan fingerprint density at radius 3 is 2.56 bits per heavy atom. The maximum atomic E-state index is 13.3. The highest BCUT2D eigenvalue weighted by molar-refractivity contribution is 7.99. The maximum Gasteiger partial charge on any atom is 0.329 e. The monoisotopic (exact) mass is 478 g/mol. The molecule has 1 amide bonds. The van der Waals surface area contributed by atoms with Crippen LogP contribution in [0, 0.1) is 0 Å². The Balaban J connectivity index is 1.70. The summed E-state index contributed by atoms with van der Waals surface area (Å²) in [7, 11) is 1.93. The van der Waals surface area contributed by atoms with Gasteiger partial charge in [-0.1, -0.05) is 32.5 Å². The van der Waals surface area contributed by atoms with E-state index >= 15 is 0 Å². The zero-order chi connectivity index (χ0) is 24.4. The second-order valence-electron chi connectivity index (χ2n) is 8.26. The van der Waals surface area contributed by atoms with Crippen LogP contribution in [0.15, 0.2) is 62.4 Å². The first kappa shape index (κ1) is 23.5. The van der Waals surface area contributed by atoms with Gasteiger partial charge in [-0.15, -0.1) is 0 Å². The molecular weight excluding hydrogens is 452 g/mol. The normalized spacial score (nSPS) is 11.3. The second-order valence-corrected chi connectivity index (χ2v) is 9.30. The molecule has 3 heterocycles. The van der Waals surface area contributed by atoms with Crippen molar-refractivity contribution in [3.05, 3.63) is 74.8 Å². The van der Waals surface area contributed by atoms with Crippen LogP contribution in [0.1, 0.15) is 49.2 Å². The van der Waals surface area contributed by atoms with Crippen molar-refractivity contribution in [3.63, 3.8) is 0 Å². The van der Waals surface area contributed by atoms with Crippen LogP contribution in [0.3, 0.4) is 0 Å². The minimum absolute atomic E-state index is 0.00264. The number of pyridine rings is 1.